The lowest BCUT2D eigenvalue weighted by Gasteiger charge is -2.31. The topological polar surface area (TPSA) is 78.5 Å². The summed E-state index contributed by atoms with van der Waals surface area (Å²) in [5.74, 6) is -0.230. The number of anilines is 1. The molecule has 3 aromatic rings. The maximum absolute atomic E-state index is 13.1. The van der Waals surface area contributed by atoms with E-state index in [0.717, 1.165) is 23.6 Å². The van der Waals surface area contributed by atoms with Gasteiger partial charge in [-0.2, -0.15) is 0 Å². The summed E-state index contributed by atoms with van der Waals surface area (Å²) >= 11 is 0. The van der Waals surface area contributed by atoms with Crippen molar-refractivity contribution >= 4 is 34.2 Å². The molecule has 0 unspecified atom stereocenters. The van der Waals surface area contributed by atoms with Gasteiger partial charge in [-0.05, 0) is 66.8 Å². The maximum Gasteiger partial charge on any atom is 0.254 e. The lowest BCUT2D eigenvalue weighted by molar-refractivity contribution is -0.121. The highest BCUT2D eigenvalue weighted by atomic mass is 16.2. The van der Waals surface area contributed by atoms with E-state index in [-0.39, 0.29) is 23.6 Å². The predicted octanol–water partition coefficient (Wildman–Crippen LogP) is 4.22. The molecule has 2 aliphatic rings. The molecule has 2 N–H and O–H groups in total. The minimum absolute atomic E-state index is 0.0192. The summed E-state index contributed by atoms with van der Waals surface area (Å²) in [6.07, 6.45) is 3.35. The summed E-state index contributed by atoms with van der Waals surface area (Å²) in [4.78, 5) is 39.9. The number of fused-ring (bicyclic) bond motifs is 1. The molecule has 3 amide bonds. The molecule has 6 nitrogen and oxygen atoms in total. The summed E-state index contributed by atoms with van der Waals surface area (Å²) in [5.41, 5.74) is 1.99. The highest BCUT2D eigenvalue weighted by Gasteiger charge is 2.28. The fourth-order valence-corrected chi connectivity index (χ4v) is 4.37. The van der Waals surface area contributed by atoms with E-state index < -0.39 is 0 Å². The third-order valence-corrected chi connectivity index (χ3v) is 6.50. The van der Waals surface area contributed by atoms with Crippen molar-refractivity contribution in [3.8, 4) is 0 Å². The van der Waals surface area contributed by atoms with Crippen LogP contribution in [0.15, 0.2) is 66.7 Å². The van der Waals surface area contributed by atoms with Crippen molar-refractivity contribution in [2.75, 3.05) is 18.4 Å². The molecular weight excluding hydrogens is 414 g/mol. The molecule has 2 fully saturated rings. The second-order valence-corrected chi connectivity index (χ2v) is 8.91. The van der Waals surface area contributed by atoms with Crippen LogP contribution in [-0.4, -0.2) is 41.8 Å². The van der Waals surface area contributed by atoms with Gasteiger partial charge < -0.3 is 15.5 Å². The Kier molecular flexibility index (Phi) is 5.82. The number of benzene rings is 3. The minimum Gasteiger partial charge on any atom is -0.349 e. The van der Waals surface area contributed by atoms with E-state index in [1.54, 1.807) is 24.3 Å². The zero-order valence-corrected chi connectivity index (χ0v) is 18.4. The van der Waals surface area contributed by atoms with Crippen LogP contribution in [0.1, 0.15) is 46.4 Å². The number of carbonyl (C=O) groups excluding carboxylic acids is 3. The molecule has 1 aliphatic heterocycles. The molecular formula is C27H27N3O3. The zero-order valence-electron chi connectivity index (χ0n) is 18.4. The molecule has 3 aromatic carbocycles. The van der Waals surface area contributed by atoms with Gasteiger partial charge in [0.1, 0.15) is 0 Å². The van der Waals surface area contributed by atoms with E-state index in [2.05, 4.69) is 10.6 Å². The summed E-state index contributed by atoms with van der Waals surface area (Å²) in [6.45, 7) is 1.11. The van der Waals surface area contributed by atoms with Crippen molar-refractivity contribution in [3.05, 3.63) is 77.9 Å². The maximum atomic E-state index is 13.1. The van der Waals surface area contributed by atoms with E-state index in [4.69, 9.17) is 0 Å². The molecule has 0 aromatic heterocycles. The van der Waals surface area contributed by atoms with Gasteiger partial charge in [-0.25, -0.2) is 0 Å². The predicted molar refractivity (Wildman–Crippen MR) is 128 cm³/mol. The molecule has 1 saturated carbocycles. The van der Waals surface area contributed by atoms with Gasteiger partial charge in [-0.3, -0.25) is 14.4 Å². The average molecular weight is 442 g/mol. The zero-order chi connectivity index (χ0) is 22.8. The highest BCUT2D eigenvalue weighted by Crippen LogP contribution is 2.25. The third-order valence-electron chi connectivity index (χ3n) is 6.50. The number of piperidine rings is 1. The van der Waals surface area contributed by atoms with Crippen LogP contribution in [-0.2, 0) is 4.79 Å². The number of nitrogens with zero attached hydrogens (tertiary/aromatic N) is 1. The molecule has 1 heterocycles. The number of nitrogens with one attached hydrogen (secondary N) is 2. The molecule has 5 rings (SSSR count). The number of carbonyl (C=O) groups is 3. The first kappa shape index (κ1) is 21.2. The van der Waals surface area contributed by atoms with Crippen LogP contribution in [0, 0.1) is 5.92 Å². The normalized spacial score (nSPS) is 16.4. The molecule has 6 heteroatoms. The van der Waals surface area contributed by atoms with E-state index in [1.165, 1.54) is 0 Å². The molecule has 1 saturated heterocycles. The highest BCUT2D eigenvalue weighted by molar-refractivity contribution is 6.07. The van der Waals surface area contributed by atoms with Crippen LogP contribution in [0.3, 0.4) is 0 Å². The summed E-state index contributed by atoms with van der Waals surface area (Å²) in [7, 11) is 0. The largest absolute Gasteiger partial charge is 0.349 e. The van der Waals surface area contributed by atoms with E-state index in [9.17, 15) is 14.4 Å². The van der Waals surface area contributed by atoms with E-state index >= 15 is 0 Å². The lowest BCUT2D eigenvalue weighted by atomic mass is 9.94. The quantitative estimate of drug-likeness (QED) is 0.622. The van der Waals surface area contributed by atoms with Crippen molar-refractivity contribution in [2.45, 2.75) is 31.7 Å². The fourth-order valence-electron chi connectivity index (χ4n) is 4.37. The second-order valence-electron chi connectivity index (χ2n) is 8.91. The van der Waals surface area contributed by atoms with Crippen LogP contribution >= 0.6 is 0 Å². The van der Waals surface area contributed by atoms with Crippen molar-refractivity contribution in [3.63, 3.8) is 0 Å². The Hall–Kier alpha value is -3.67. The van der Waals surface area contributed by atoms with Gasteiger partial charge in [0, 0.05) is 41.9 Å². The van der Waals surface area contributed by atoms with Crippen LogP contribution in [0.4, 0.5) is 5.69 Å². The lowest BCUT2D eigenvalue weighted by Crippen LogP contribution is -2.41. The Morgan fingerprint density at radius 1 is 0.788 bits per heavy atom. The molecule has 0 spiro atoms. The molecule has 0 radical (unpaired) electrons. The van der Waals surface area contributed by atoms with Gasteiger partial charge in [0.25, 0.3) is 11.8 Å². The smallest absolute Gasteiger partial charge is 0.254 e. The number of amides is 3. The van der Waals surface area contributed by atoms with E-state index in [0.29, 0.717) is 48.8 Å². The Labute approximate surface area is 193 Å². The van der Waals surface area contributed by atoms with Crippen molar-refractivity contribution in [2.24, 2.45) is 5.92 Å². The standard InChI is InChI=1S/C27H27N3O3/c31-25(29-22-12-13-22)19-8-10-21(11-9-19)28-26(32)20-14-16-30(17-15-20)27(33)24-7-3-5-18-4-1-2-6-23(18)24/h1-11,20,22H,12-17H2,(H,28,32)(H,29,31). The van der Waals surface area contributed by atoms with Crippen molar-refractivity contribution in [1.29, 1.82) is 0 Å². The van der Waals surface area contributed by atoms with Crippen LogP contribution in [0.2, 0.25) is 0 Å². The molecule has 0 atom stereocenters. The monoisotopic (exact) mass is 441 g/mol. The Bertz CT molecular complexity index is 1190. The van der Waals surface area contributed by atoms with Crippen LogP contribution < -0.4 is 10.6 Å². The minimum atomic E-state index is -0.139. The Balaban J connectivity index is 1.16. The van der Waals surface area contributed by atoms with E-state index in [1.807, 2.05) is 47.4 Å². The fraction of sp³-hybridized carbons (Fsp3) is 0.296. The third kappa shape index (κ3) is 4.75. The van der Waals surface area contributed by atoms with Crippen molar-refractivity contribution < 1.29 is 14.4 Å². The van der Waals surface area contributed by atoms with Crippen molar-refractivity contribution in [1.82, 2.24) is 10.2 Å². The summed E-state index contributed by atoms with van der Waals surface area (Å²) < 4.78 is 0. The van der Waals surface area contributed by atoms with Crippen LogP contribution in [0.25, 0.3) is 10.8 Å². The first-order valence-electron chi connectivity index (χ1n) is 11.6. The van der Waals surface area contributed by atoms with Gasteiger partial charge in [0.05, 0.1) is 0 Å². The first-order chi connectivity index (χ1) is 16.1. The van der Waals surface area contributed by atoms with Crippen LogP contribution in [0.5, 0.6) is 0 Å². The number of rotatable bonds is 5. The average Bonchev–Trinajstić information content (AvgIpc) is 3.68. The van der Waals surface area contributed by atoms with Gasteiger partial charge in [0.2, 0.25) is 5.91 Å². The number of hydrogen-bond donors (Lipinski definition) is 2. The van der Waals surface area contributed by atoms with Gasteiger partial charge in [-0.15, -0.1) is 0 Å². The summed E-state index contributed by atoms with van der Waals surface area (Å²) in [5, 5.41) is 7.92. The Morgan fingerprint density at radius 3 is 2.21 bits per heavy atom. The number of likely N-dealkylation sites (tertiary alicyclic amines) is 1. The number of hydrogen-bond acceptors (Lipinski definition) is 3. The summed E-state index contributed by atoms with van der Waals surface area (Å²) in [6, 6.07) is 21.0. The first-order valence-corrected chi connectivity index (χ1v) is 11.6. The molecule has 1 aliphatic carbocycles. The van der Waals surface area contributed by atoms with Gasteiger partial charge >= 0.3 is 0 Å². The Morgan fingerprint density at radius 2 is 1.48 bits per heavy atom. The van der Waals surface area contributed by atoms with Gasteiger partial charge in [-0.1, -0.05) is 36.4 Å². The SMILES string of the molecule is O=C(NC1CC1)c1ccc(NC(=O)C2CCN(C(=O)c3cccc4ccccc34)CC2)cc1. The second kappa shape index (κ2) is 9.06. The molecule has 0 bridgehead atoms. The molecule has 168 valence electrons. The molecule has 33 heavy (non-hydrogen) atoms. The van der Waals surface area contributed by atoms with Gasteiger partial charge in [0.15, 0.2) is 0 Å².